The third-order valence-electron chi connectivity index (χ3n) is 1.91. The molecule has 72 valence electrons. The fourth-order valence-electron chi connectivity index (χ4n) is 1.16. The van der Waals surface area contributed by atoms with E-state index in [2.05, 4.69) is 6.92 Å². The summed E-state index contributed by atoms with van der Waals surface area (Å²) in [4.78, 5) is 12.3. The summed E-state index contributed by atoms with van der Waals surface area (Å²) in [5.74, 6) is 0.232. The third kappa shape index (κ3) is 3.19. The van der Waals surface area contributed by atoms with E-state index in [1.165, 1.54) is 11.3 Å². The first kappa shape index (κ1) is 10.3. The van der Waals surface area contributed by atoms with Crippen LogP contribution >= 0.6 is 11.3 Å². The molecule has 0 radical (unpaired) electrons. The van der Waals surface area contributed by atoms with E-state index in [0.29, 0.717) is 6.42 Å². The minimum absolute atomic E-state index is 0.232. The van der Waals surface area contributed by atoms with Gasteiger partial charge in [0.2, 0.25) is 0 Å². The highest BCUT2D eigenvalue weighted by molar-refractivity contribution is 7.17. The van der Waals surface area contributed by atoms with Crippen molar-refractivity contribution >= 4 is 22.1 Å². The summed E-state index contributed by atoms with van der Waals surface area (Å²) in [7, 11) is 0. The minimum atomic E-state index is 0.232. The van der Waals surface area contributed by atoms with Gasteiger partial charge < -0.3 is 5.73 Å². The van der Waals surface area contributed by atoms with Crippen molar-refractivity contribution in [1.29, 1.82) is 0 Å². The van der Waals surface area contributed by atoms with Crippen molar-refractivity contribution in [3.63, 3.8) is 0 Å². The van der Waals surface area contributed by atoms with Crippen LogP contribution in [0.2, 0.25) is 0 Å². The maximum absolute atomic E-state index is 11.5. The number of rotatable bonds is 5. The van der Waals surface area contributed by atoms with Crippen molar-refractivity contribution < 1.29 is 4.79 Å². The third-order valence-corrected chi connectivity index (χ3v) is 2.86. The van der Waals surface area contributed by atoms with Gasteiger partial charge in [-0.2, -0.15) is 0 Å². The summed E-state index contributed by atoms with van der Waals surface area (Å²) >= 11 is 1.38. The molecule has 0 aliphatic carbocycles. The van der Waals surface area contributed by atoms with Crippen LogP contribution in [0.4, 0.5) is 5.00 Å². The number of anilines is 1. The number of nitrogens with two attached hydrogens (primary N) is 1. The second-order valence-corrected chi connectivity index (χ2v) is 4.20. The van der Waals surface area contributed by atoms with Crippen molar-refractivity contribution in [3.05, 3.63) is 17.0 Å². The number of carbonyl (C=O) groups is 1. The molecular weight excluding hydrogens is 182 g/mol. The molecule has 1 aromatic rings. The maximum atomic E-state index is 11.5. The number of ketones is 1. The number of hydrogen-bond acceptors (Lipinski definition) is 3. The van der Waals surface area contributed by atoms with Gasteiger partial charge in [0.15, 0.2) is 5.78 Å². The molecule has 0 atom stereocenters. The zero-order valence-electron chi connectivity index (χ0n) is 7.88. The SMILES string of the molecule is CCCCCC(=O)c1ccc(N)s1. The molecule has 1 heterocycles. The van der Waals surface area contributed by atoms with Crippen LogP contribution in [0.3, 0.4) is 0 Å². The van der Waals surface area contributed by atoms with Crippen LogP contribution in [0.5, 0.6) is 0 Å². The molecule has 0 unspecified atom stereocenters. The van der Waals surface area contributed by atoms with Crippen LogP contribution in [0.25, 0.3) is 0 Å². The van der Waals surface area contributed by atoms with Gasteiger partial charge in [0.25, 0.3) is 0 Å². The zero-order chi connectivity index (χ0) is 9.68. The van der Waals surface area contributed by atoms with Crippen LogP contribution in [0, 0.1) is 0 Å². The normalized spacial score (nSPS) is 10.2. The van der Waals surface area contributed by atoms with Crippen LogP contribution in [-0.2, 0) is 0 Å². The Bertz CT molecular complexity index is 280. The lowest BCUT2D eigenvalue weighted by Crippen LogP contribution is -1.94. The van der Waals surface area contributed by atoms with Crippen LogP contribution in [-0.4, -0.2) is 5.78 Å². The largest absolute Gasteiger partial charge is 0.391 e. The van der Waals surface area contributed by atoms with Gasteiger partial charge in [-0.1, -0.05) is 19.8 Å². The van der Waals surface area contributed by atoms with Crippen LogP contribution < -0.4 is 5.73 Å². The fraction of sp³-hybridized carbons (Fsp3) is 0.500. The van der Waals surface area contributed by atoms with E-state index in [4.69, 9.17) is 5.73 Å². The molecule has 1 aromatic heterocycles. The van der Waals surface area contributed by atoms with Gasteiger partial charge in [0.1, 0.15) is 0 Å². The number of nitrogen functional groups attached to an aromatic ring is 1. The predicted molar refractivity (Wildman–Crippen MR) is 57.2 cm³/mol. The Morgan fingerprint density at radius 1 is 1.46 bits per heavy atom. The highest BCUT2D eigenvalue weighted by Crippen LogP contribution is 2.20. The predicted octanol–water partition coefficient (Wildman–Crippen LogP) is 3.09. The molecule has 0 aliphatic rings. The minimum Gasteiger partial charge on any atom is -0.391 e. The summed E-state index contributed by atoms with van der Waals surface area (Å²) in [6.07, 6.45) is 3.94. The van der Waals surface area contributed by atoms with Gasteiger partial charge in [0.05, 0.1) is 9.88 Å². The van der Waals surface area contributed by atoms with Gasteiger partial charge in [-0.15, -0.1) is 11.3 Å². The number of hydrogen-bond donors (Lipinski definition) is 1. The van der Waals surface area contributed by atoms with Crippen molar-refractivity contribution in [2.45, 2.75) is 32.6 Å². The molecule has 0 aromatic carbocycles. The van der Waals surface area contributed by atoms with E-state index in [9.17, 15) is 4.79 Å². The van der Waals surface area contributed by atoms with E-state index in [1.807, 2.05) is 6.07 Å². The maximum Gasteiger partial charge on any atom is 0.172 e. The smallest absolute Gasteiger partial charge is 0.172 e. The van der Waals surface area contributed by atoms with E-state index >= 15 is 0 Å². The topological polar surface area (TPSA) is 43.1 Å². The standard InChI is InChI=1S/C10H15NOS/c1-2-3-4-5-8(12)9-6-7-10(11)13-9/h6-7H,2-5,11H2,1H3. The lowest BCUT2D eigenvalue weighted by Gasteiger charge is -1.95. The van der Waals surface area contributed by atoms with Crippen LogP contribution in [0.1, 0.15) is 42.3 Å². The fourth-order valence-corrected chi connectivity index (χ4v) is 1.90. The zero-order valence-corrected chi connectivity index (χ0v) is 8.69. The van der Waals surface area contributed by atoms with Gasteiger partial charge in [0, 0.05) is 6.42 Å². The first-order valence-electron chi connectivity index (χ1n) is 4.62. The van der Waals surface area contributed by atoms with Gasteiger partial charge in [-0.3, -0.25) is 4.79 Å². The lowest BCUT2D eigenvalue weighted by molar-refractivity contribution is 0.0983. The molecule has 0 aliphatic heterocycles. The van der Waals surface area contributed by atoms with Gasteiger partial charge in [-0.25, -0.2) is 0 Å². The summed E-state index contributed by atoms with van der Waals surface area (Å²) < 4.78 is 0. The Labute approximate surface area is 82.8 Å². The molecule has 0 saturated carbocycles. The summed E-state index contributed by atoms with van der Waals surface area (Å²) in [6, 6.07) is 3.60. The van der Waals surface area contributed by atoms with E-state index in [0.717, 1.165) is 29.1 Å². The molecule has 3 heteroatoms. The quantitative estimate of drug-likeness (QED) is 0.582. The number of unbranched alkanes of at least 4 members (excludes halogenated alkanes) is 2. The Hall–Kier alpha value is -0.830. The Balaban J connectivity index is 2.40. The molecule has 2 nitrogen and oxygen atoms in total. The molecule has 0 spiro atoms. The van der Waals surface area contributed by atoms with Crippen molar-refractivity contribution in [3.8, 4) is 0 Å². The average Bonchev–Trinajstić information content (AvgIpc) is 2.52. The summed E-state index contributed by atoms with van der Waals surface area (Å²) in [5.41, 5.74) is 5.54. The highest BCUT2D eigenvalue weighted by Gasteiger charge is 2.07. The first-order chi connectivity index (χ1) is 6.24. The molecule has 0 amide bonds. The molecular formula is C10H15NOS. The number of carbonyl (C=O) groups excluding carboxylic acids is 1. The summed E-state index contributed by atoms with van der Waals surface area (Å²) in [6.45, 7) is 2.13. The van der Waals surface area contributed by atoms with Crippen molar-refractivity contribution in [2.24, 2.45) is 0 Å². The van der Waals surface area contributed by atoms with Crippen molar-refractivity contribution in [2.75, 3.05) is 5.73 Å². The number of Topliss-reactive ketones (excluding diaryl/α,β-unsaturated/α-hetero) is 1. The van der Waals surface area contributed by atoms with Gasteiger partial charge in [-0.05, 0) is 18.6 Å². The first-order valence-corrected chi connectivity index (χ1v) is 5.44. The van der Waals surface area contributed by atoms with E-state index in [-0.39, 0.29) is 5.78 Å². The van der Waals surface area contributed by atoms with Gasteiger partial charge >= 0.3 is 0 Å². The molecule has 13 heavy (non-hydrogen) atoms. The lowest BCUT2D eigenvalue weighted by atomic mass is 10.1. The average molecular weight is 197 g/mol. The van der Waals surface area contributed by atoms with E-state index in [1.54, 1.807) is 6.07 Å². The molecule has 0 saturated heterocycles. The van der Waals surface area contributed by atoms with E-state index < -0.39 is 0 Å². The van der Waals surface area contributed by atoms with Crippen LogP contribution in [0.15, 0.2) is 12.1 Å². The monoisotopic (exact) mass is 197 g/mol. The molecule has 0 bridgehead atoms. The number of thiophene rings is 1. The second-order valence-electron chi connectivity index (χ2n) is 3.08. The second kappa shape index (κ2) is 5.02. The Kier molecular flexibility index (Phi) is 3.96. The highest BCUT2D eigenvalue weighted by atomic mass is 32.1. The Morgan fingerprint density at radius 2 is 2.23 bits per heavy atom. The van der Waals surface area contributed by atoms with Crippen molar-refractivity contribution in [1.82, 2.24) is 0 Å². The molecule has 2 N–H and O–H groups in total. The molecule has 1 rings (SSSR count). The Morgan fingerprint density at radius 3 is 2.77 bits per heavy atom. The summed E-state index contributed by atoms with van der Waals surface area (Å²) in [5, 5.41) is 0.721. The molecule has 0 fully saturated rings.